The maximum absolute atomic E-state index is 12.8. The van der Waals surface area contributed by atoms with Gasteiger partial charge in [0.1, 0.15) is 0 Å². The first kappa shape index (κ1) is 17.3. The number of carbonyl (C=O) groups excluding carboxylic acids is 1. The smallest absolute Gasteiger partial charge is 0.337 e. The van der Waals surface area contributed by atoms with Gasteiger partial charge in [0.05, 0.1) is 11.0 Å². The standard InChI is InChI=1S/C20H28N4O2/c1-15(2)23-16-7-3-4-8-17(16)24(19(23)26)18(25)21-12-11-20-9-5-13-22(20)14-6-10-20/h3-4,7-8,15H,5-6,9-14H2,1-2H3,(H,21,25). The van der Waals surface area contributed by atoms with Crippen LogP contribution in [0.25, 0.3) is 11.0 Å². The van der Waals surface area contributed by atoms with E-state index in [0.29, 0.717) is 12.1 Å². The van der Waals surface area contributed by atoms with Crippen molar-refractivity contribution in [3.8, 4) is 0 Å². The number of nitrogens with one attached hydrogen (secondary N) is 1. The summed E-state index contributed by atoms with van der Waals surface area (Å²) in [4.78, 5) is 28.2. The van der Waals surface area contributed by atoms with Crippen LogP contribution in [0.4, 0.5) is 4.79 Å². The maximum Gasteiger partial charge on any atom is 0.337 e. The predicted octanol–water partition coefficient (Wildman–Crippen LogP) is 2.96. The first-order chi connectivity index (χ1) is 12.5. The molecule has 6 heteroatoms. The lowest BCUT2D eigenvalue weighted by molar-refractivity contribution is 0.181. The van der Waals surface area contributed by atoms with Crippen molar-refractivity contribution >= 4 is 17.1 Å². The molecule has 0 unspecified atom stereocenters. The van der Waals surface area contributed by atoms with Crippen molar-refractivity contribution in [3.05, 3.63) is 34.7 Å². The highest BCUT2D eigenvalue weighted by molar-refractivity contribution is 5.89. The second-order valence-electron chi connectivity index (χ2n) is 7.97. The molecule has 1 aromatic carbocycles. The van der Waals surface area contributed by atoms with E-state index in [9.17, 15) is 9.59 Å². The van der Waals surface area contributed by atoms with Crippen molar-refractivity contribution < 1.29 is 4.79 Å². The monoisotopic (exact) mass is 356 g/mol. The van der Waals surface area contributed by atoms with Crippen LogP contribution >= 0.6 is 0 Å². The Hall–Kier alpha value is -2.08. The van der Waals surface area contributed by atoms with Crippen LogP contribution in [0.2, 0.25) is 0 Å². The lowest BCUT2D eigenvalue weighted by Crippen LogP contribution is -2.43. The molecule has 1 N–H and O–H groups in total. The average molecular weight is 356 g/mol. The van der Waals surface area contributed by atoms with E-state index in [0.717, 1.165) is 11.9 Å². The largest absolute Gasteiger partial charge is 0.337 e. The molecule has 1 aromatic heterocycles. The number of nitrogens with zero attached hydrogens (tertiary/aromatic N) is 3. The number of imidazole rings is 1. The number of hydrogen-bond donors (Lipinski definition) is 1. The third-order valence-electron chi connectivity index (χ3n) is 6.18. The summed E-state index contributed by atoms with van der Waals surface area (Å²) in [5, 5.41) is 3.00. The van der Waals surface area contributed by atoms with Crippen molar-refractivity contribution in [2.45, 2.75) is 57.5 Å². The number of rotatable bonds is 4. The van der Waals surface area contributed by atoms with E-state index < -0.39 is 0 Å². The van der Waals surface area contributed by atoms with Gasteiger partial charge in [-0.3, -0.25) is 9.47 Å². The number of hydrogen-bond acceptors (Lipinski definition) is 3. The first-order valence-corrected chi connectivity index (χ1v) is 9.79. The van der Waals surface area contributed by atoms with E-state index in [1.54, 1.807) is 4.57 Å². The molecule has 2 saturated heterocycles. The zero-order valence-corrected chi connectivity index (χ0v) is 15.7. The highest BCUT2D eigenvalue weighted by Gasteiger charge is 2.43. The summed E-state index contributed by atoms with van der Waals surface area (Å²) in [6.07, 6.45) is 5.95. The van der Waals surface area contributed by atoms with Gasteiger partial charge in [-0.2, -0.15) is 0 Å². The lowest BCUT2D eigenvalue weighted by Gasteiger charge is -2.32. The Labute approximate surface area is 153 Å². The minimum Gasteiger partial charge on any atom is -0.337 e. The van der Waals surface area contributed by atoms with E-state index in [4.69, 9.17) is 0 Å². The van der Waals surface area contributed by atoms with Crippen LogP contribution in [-0.4, -0.2) is 45.2 Å². The second-order valence-corrected chi connectivity index (χ2v) is 7.97. The Kier molecular flexibility index (Phi) is 4.39. The zero-order chi connectivity index (χ0) is 18.3. The van der Waals surface area contributed by atoms with Gasteiger partial charge in [0.15, 0.2) is 0 Å². The van der Waals surface area contributed by atoms with Gasteiger partial charge >= 0.3 is 11.7 Å². The van der Waals surface area contributed by atoms with E-state index >= 15 is 0 Å². The molecule has 2 aliphatic rings. The minimum atomic E-state index is -0.315. The van der Waals surface area contributed by atoms with Crippen LogP contribution in [0.1, 0.15) is 52.0 Å². The van der Waals surface area contributed by atoms with Crippen LogP contribution in [0.5, 0.6) is 0 Å². The number of carbonyl (C=O) groups is 1. The highest BCUT2D eigenvalue weighted by Crippen LogP contribution is 2.40. The quantitative estimate of drug-likeness (QED) is 0.916. The lowest BCUT2D eigenvalue weighted by atomic mass is 9.90. The van der Waals surface area contributed by atoms with E-state index in [-0.39, 0.29) is 23.3 Å². The third kappa shape index (κ3) is 2.67. The number of amides is 1. The van der Waals surface area contributed by atoms with Crippen molar-refractivity contribution in [2.24, 2.45) is 0 Å². The fourth-order valence-electron chi connectivity index (χ4n) is 4.98. The summed E-state index contributed by atoms with van der Waals surface area (Å²) in [6, 6.07) is 7.19. The fourth-order valence-corrected chi connectivity index (χ4v) is 4.98. The highest BCUT2D eigenvalue weighted by atomic mass is 16.2. The van der Waals surface area contributed by atoms with Crippen LogP contribution in [0.15, 0.2) is 29.1 Å². The summed E-state index contributed by atoms with van der Waals surface area (Å²) in [5.41, 5.74) is 1.49. The Balaban J connectivity index is 1.54. The van der Waals surface area contributed by atoms with Crippen molar-refractivity contribution in [1.29, 1.82) is 0 Å². The SMILES string of the molecule is CC(C)n1c(=O)n(C(=O)NCCC23CCCN2CCC3)c2ccccc21. The summed E-state index contributed by atoms with van der Waals surface area (Å²) >= 11 is 0. The number of para-hydroxylation sites is 2. The molecular weight excluding hydrogens is 328 g/mol. The summed E-state index contributed by atoms with van der Waals surface area (Å²) < 4.78 is 2.97. The van der Waals surface area contributed by atoms with E-state index in [1.165, 1.54) is 43.3 Å². The summed E-state index contributed by atoms with van der Waals surface area (Å²) in [6.45, 7) is 6.92. The molecule has 0 saturated carbocycles. The molecule has 26 heavy (non-hydrogen) atoms. The Bertz CT molecular complexity index is 870. The predicted molar refractivity (Wildman–Crippen MR) is 103 cm³/mol. The molecule has 1 amide bonds. The molecule has 140 valence electrons. The van der Waals surface area contributed by atoms with Crippen LogP contribution in [0, 0.1) is 0 Å². The molecule has 0 radical (unpaired) electrons. The molecule has 2 fully saturated rings. The van der Waals surface area contributed by atoms with E-state index in [1.807, 2.05) is 38.1 Å². The molecule has 0 spiro atoms. The van der Waals surface area contributed by atoms with Gasteiger partial charge in [-0.1, -0.05) is 12.1 Å². The van der Waals surface area contributed by atoms with Crippen LogP contribution in [-0.2, 0) is 0 Å². The Morgan fingerprint density at radius 2 is 1.81 bits per heavy atom. The third-order valence-corrected chi connectivity index (χ3v) is 6.18. The maximum atomic E-state index is 12.8. The molecule has 2 aromatic rings. The molecule has 2 aliphatic heterocycles. The van der Waals surface area contributed by atoms with Crippen molar-refractivity contribution in [1.82, 2.24) is 19.4 Å². The van der Waals surface area contributed by atoms with Crippen LogP contribution in [0.3, 0.4) is 0 Å². The van der Waals surface area contributed by atoms with Gasteiger partial charge in [0, 0.05) is 18.1 Å². The topological polar surface area (TPSA) is 59.3 Å². The average Bonchev–Trinajstić information content (AvgIpc) is 3.24. The second kappa shape index (κ2) is 6.58. The molecule has 0 aliphatic carbocycles. The Morgan fingerprint density at radius 1 is 1.15 bits per heavy atom. The van der Waals surface area contributed by atoms with Gasteiger partial charge in [0.25, 0.3) is 0 Å². The zero-order valence-electron chi connectivity index (χ0n) is 15.7. The number of benzene rings is 1. The molecule has 0 atom stereocenters. The Morgan fingerprint density at radius 3 is 2.46 bits per heavy atom. The van der Waals surface area contributed by atoms with Gasteiger partial charge in [-0.15, -0.1) is 0 Å². The summed E-state index contributed by atoms with van der Waals surface area (Å²) in [7, 11) is 0. The first-order valence-electron chi connectivity index (χ1n) is 9.79. The molecule has 4 rings (SSSR count). The van der Waals surface area contributed by atoms with E-state index in [2.05, 4.69) is 10.2 Å². The number of aromatic nitrogens is 2. The van der Waals surface area contributed by atoms with Gasteiger partial charge in [0.2, 0.25) is 0 Å². The normalized spacial score (nSPS) is 19.3. The van der Waals surface area contributed by atoms with Crippen LogP contribution < -0.4 is 11.0 Å². The molecule has 3 heterocycles. The van der Waals surface area contributed by atoms with Gasteiger partial charge < -0.3 is 5.32 Å². The van der Waals surface area contributed by atoms with Gasteiger partial charge in [-0.05, 0) is 71.2 Å². The van der Waals surface area contributed by atoms with Gasteiger partial charge in [-0.25, -0.2) is 14.2 Å². The molecule has 6 nitrogen and oxygen atoms in total. The minimum absolute atomic E-state index is 0.00544. The number of fused-ring (bicyclic) bond motifs is 2. The molecule has 0 bridgehead atoms. The fraction of sp³-hybridized carbons (Fsp3) is 0.600. The molecular formula is C20H28N4O2. The summed E-state index contributed by atoms with van der Waals surface area (Å²) in [5.74, 6) is 0. The van der Waals surface area contributed by atoms with Crippen molar-refractivity contribution in [3.63, 3.8) is 0 Å². The van der Waals surface area contributed by atoms with Crippen molar-refractivity contribution in [2.75, 3.05) is 19.6 Å².